The maximum absolute atomic E-state index is 13.1. The van der Waals surface area contributed by atoms with Gasteiger partial charge in [-0.1, -0.05) is 0 Å². The van der Waals surface area contributed by atoms with Crippen molar-refractivity contribution in [3.05, 3.63) is 47.8 Å². The van der Waals surface area contributed by atoms with Crippen LogP contribution in [-0.4, -0.2) is 41.7 Å². The second-order valence-corrected chi connectivity index (χ2v) is 7.98. The van der Waals surface area contributed by atoms with Gasteiger partial charge in [0.25, 0.3) is 5.91 Å². The Hall–Kier alpha value is -3.20. The Morgan fingerprint density at radius 1 is 1.32 bits per heavy atom. The number of carbonyl (C=O) groups is 1. The lowest BCUT2D eigenvalue weighted by Crippen LogP contribution is -2.26. The number of methoxy groups -OCH3 is 1. The predicted molar refractivity (Wildman–Crippen MR) is 108 cm³/mol. The van der Waals surface area contributed by atoms with Crippen LogP contribution in [0, 0.1) is 0 Å². The molecule has 2 fully saturated rings. The zero-order chi connectivity index (χ0) is 21.8. The number of pyridine rings is 1. The van der Waals surface area contributed by atoms with E-state index in [1.165, 1.54) is 13.2 Å². The van der Waals surface area contributed by atoms with Gasteiger partial charge < -0.3 is 19.5 Å². The molecule has 0 bridgehead atoms. The third-order valence-electron chi connectivity index (χ3n) is 5.64. The van der Waals surface area contributed by atoms with E-state index in [4.69, 9.17) is 14.2 Å². The van der Waals surface area contributed by atoms with E-state index in [0.29, 0.717) is 23.5 Å². The summed E-state index contributed by atoms with van der Waals surface area (Å²) in [6, 6.07) is 6.97. The molecule has 0 spiro atoms. The van der Waals surface area contributed by atoms with Crippen molar-refractivity contribution in [3.8, 4) is 22.8 Å². The van der Waals surface area contributed by atoms with Crippen molar-refractivity contribution >= 4 is 11.6 Å². The molecule has 2 aliphatic rings. The number of benzene rings is 1. The Labute approximate surface area is 176 Å². The number of rotatable bonds is 7. The first kappa shape index (κ1) is 19.7. The van der Waals surface area contributed by atoms with E-state index >= 15 is 0 Å². The van der Waals surface area contributed by atoms with E-state index in [1.807, 2.05) is 29.7 Å². The monoisotopic (exact) mass is 429 g/mol. The fourth-order valence-electron chi connectivity index (χ4n) is 3.59. The van der Waals surface area contributed by atoms with Crippen molar-refractivity contribution in [2.75, 3.05) is 13.7 Å². The van der Waals surface area contributed by atoms with E-state index in [9.17, 15) is 13.6 Å². The summed E-state index contributed by atoms with van der Waals surface area (Å²) in [6.45, 7) is -0.420. The van der Waals surface area contributed by atoms with E-state index in [0.717, 1.165) is 18.4 Å². The van der Waals surface area contributed by atoms with E-state index in [1.54, 1.807) is 12.3 Å². The lowest BCUT2D eigenvalue weighted by Gasteiger charge is -2.16. The number of carbonyl (C=O) groups excluding carboxylic acids is 1. The van der Waals surface area contributed by atoms with Gasteiger partial charge in [0.05, 0.1) is 25.6 Å². The average Bonchev–Trinajstić information content (AvgIpc) is 3.66. The van der Waals surface area contributed by atoms with Crippen LogP contribution >= 0.6 is 0 Å². The van der Waals surface area contributed by atoms with Gasteiger partial charge in [0, 0.05) is 17.8 Å². The molecule has 1 N–H and O–H groups in total. The van der Waals surface area contributed by atoms with Gasteiger partial charge in [-0.2, -0.15) is 8.78 Å². The van der Waals surface area contributed by atoms with Crippen molar-refractivity contribution in [3.63, 3.8) is 0 Å². The minimum atomic E-state index is -3.09. The van der Waals surface area contributed by atoms with E-state index in [2.05, 4.69) is 10.3 Å². The number of alkyl halides is 2. The lowest BCUT2D eigenvalue weighted by atomic mass is 10.0. The first-order valence-electron chi connectivity index (χ1n) is 9.97. The standard InChI is InChI=1S/C22H21F2N3O4/c1-22(11-30-22)13-5-6-27-15(10-25-18(27)9-13)12-7-16(29-2)19(17(8-12)31-21(23)24)20(28)26-14-3-4-14/h5-10,14,21H,3-4,11H2,1-2H3,(H,26,28). The molecule has 1 unspecified atom stereocenters. The second kappa shape index (κ2) is 7.19. The van der Waals surface area contributed by atoms with Crippen molar-refractivity contribution in [1.29, 1.82) is 0 Å². The minimum Gasteiger partial charge on any atom is -0.496 e. The minimum absolute atomic E-state index is 0.0478. The Balaban J connectivity index is 1.59. The molecule has 5 rings (SSSR count). The van der Waals surface area contributed by atoms with Crippen LogP contribution in [0.25, 0.3) is 16.9 Å². The summed E-state index contributed by atoms with van der Waals surface area (Å²) < 4.78 is 43.7. The second-order valence-electron chi connectivity index (χ2n) is 7.98. The Bertz CT molecular complexity index is 1170. The summed E-state index contributed by atoms with van der Waals surface area (Å²) in [5, 5.41) is 2.80. The van der Waals surface area contributed by atoms with Crippen LogP contribution < -0.4 is 14.8 Å². The van der Waals surface area contributed by atoms with Crippen LogP contribution in [0.4, 0.5) is 8.78 Å². The number of hydrogen-bond acceptors (Lipinski definition) is 5. The topological polar surface area (TPSA) is 77.4 Å². The number of aromatic nitrogens is 2. The number of hydrogen-bond donors (Lipinski definition) is 1. The molecule has 3 heterocycles. The van der Waals surface area contributed by atoms with Gasteiger partial charge in [-0.15, -0.1) is 0 Å². The summed E-state index contributed by atoms with van der Waals surface area (Å²) in [5.74, 6) is -0.591. The highest BCUT2D eigenvalue weighted by Crippen LogP contribution is 2.40. The zero-order valence-electron chi connectivity index (χ0n) is 17.0. The van der Waals surface area contributed by atoms with Gasteiger partial charge in [-0.25, -0.2) is 4.98 Å². The van der Waals surface area contributed by atoms with Crippen molar-refractivity contribution < 1.29 is 27.8 Å². The quantitative estimate of drug-likeness (QED) is 0.579. The third kappa shape index (κ3) is 3.69. The SMILES string of the molecule is COc1cc(-c2cnc3cc(C4(C)CO4)ccn23)cc(OC(F)F)c1C(=O)NC1CC1. The van der Waals surface area contributed by atoms with Crippen LogP contribution in [0.3, 0.4) is 0 Å². The molecule has 1 aromatic carbocycles. The molecule has 2 aromatic heterocycles. The molecule has 0 radical (unpaired) electrons. The molecule has 7 nitrogen and oxygen atoms in total. The number of amides is 1. The number of fused-ring (bicyclic) bond motifs is 1. The largest absolute Gasteiger partial charge is 0.496 e. The van der Waals surface area contributed by atoms with Gasteiger partial charge in [0.2, 0.25) is 0 Å². The summed E-state index contributed by atoms with van der Waals surface area (Å²) in [4.78, 5) is 17.1. The van der Waals surface area contributed by atoms with Crippen molar-refractivity contribution in [2.45, 2.75) is 38.0 Å². The molecule has 9 heteroatoms. The summed E-state index contributed by atoms with van der Waals surface area (Å²) in [7, 11) is 1.39. The van der Waals surface area contributed by atoms with Crippen molar-refractivity contribution in [1.82, 2.24) is 14.7 Å². The van der Waals surface area contributed by atoms with Gasteiger partial charge in [-0.05, 0) is 49.6 Å². The maximum Gasteiger partial charge on any atom is 0.387 e. The smallest absolute Gasteiger partial charge is 0.387 e. The summed E-state index contributed by atoms with van der Waals surface area (Å²) in [5.41, 5.74) is 2.55. The molecule has 1 amide bonds. The first-order chi connectivity index (χ1) is 14.9. The third-order valence-corrected chi connectivity index (χ3v) is 5.64. The van der Waals surface area contributed by atoms with E-state index < -0.39 is 12.5 Å². The fraction of sp³-hybridized carbons (Fsp3) is 0.364. The summed E-state index contributed by atoms with van der Waals surface area (Å²) in [6.07, 6.45) is 5.23. The molecular formula is C22H21F2N3O4. The van der Waals surface area contributed by atoms with Gasteiger partial charge in [0.1, 0.15) is 28.3 Å². The molecule has 1 saturated carbocycles. The number of nitrogens with one attached hydrogen (secondary N) is 1. The van der Waals surface area contributed by atoms with Gasteiger partial charge in [-0.3, -0.25) is 9.20 Å². The van der Waals surface area contributed by atoms with Crippen LogP contribution in [0.5, 0.6) is 11.5 Å². The maximum atomic E-state index is 13.1. The highest BCUT2D eigenvalue weighted by Gasteiger charge is 2.41. The van der Waals surface area contributed by atoms with Crippen LogP contribution in [-0.2, 0) is 10.3 Å². The highest BCUT2D eigenvalue weighted by molar-refractivity contribution is 6.01. The molecule has 1 saturated heterocycles. The Kier molecular flexibility index (Phi) is 4.58. The zero-order valence-corrected chi connectivity index (χ0v) is 17.0. The molecule has 3 aromatic rings. The van der Waals surface area contributed by atoms with Crippen molar-refractivity contribution in [2.24, 2.45) is 0 Å². The van der Waals surface area contributed by atoms with Gasteiger partial charge >= 0.3 is 6.61 Å². The normalized spacial score (nSPS) is 20.2. The number of nitrogens with zero attached hydrogens (tertiary/aromatic N) is 2. The molecule has 162 valence electrons. The average molecular weight is 429 g/mol. The number of imidazole rings is 1. The summed E-state index contributed by atoms with van der Waals surface area (Å²) >= 11 is 0. The molecule has 1 atom stereocenters. The van der Waals surface area contributed by atoms with Crippen LogP contribution in [0.15, 0.2) is 36.7 Å². The molecular weight excluding hydrogens is 408 g/mol. The number of ether oxygens (including phenoxy) is 3. The lowest BCUT2D eigenvalue weighted by molar-refractivity contribution is -0.0502. The number of halogens is 2. The number of epoxide rings is 1. The Morgan fingerprint density at radius 2 is 2.06 bits per heavy atom. The molecule has 31 heavy (non-hydrogen) atoms. The first-order valence-corrected chi connectivity index (χ1v) is 9.97. The Morgan fingerprint density at radius 3 is 2.71 bits per heavy atom. The van der Waals surface area contributed by atoms with Gasteiger partial charge in [0.15, 0.2) is 0 Å². The highest BCUT2D eigenvalue weighted by atomic mass is 19.3. The van der Waals surface area contributed by atoms with Crippen LogP contribution in [0.2, 0.25) is 0 Å². The fourth-order valence-corrected chi connectivity index (χ4v) is 3.59. The van der Waals surface area contributed by atoms with Crippen LogP contribution in [0.1, 0.15) is 35.7 Å². The molecule has 1 aliphatic heterocycles. The van der Waals surface area contributed by atoms with E-state index in [-0.39, 0.29) is 28.7 Å². The predicted octanol–water partition coefficient (Wildman–Crippen LogP) is 3.75. The molecule has 1 aliphatic carbocycles.